The summed E-state index contributed by atoms with van der Waals surface area (Å²) in [4.78, 5) is 4.51. The predicted molar refractivity (Wildman–Crippen MR) is 67.2 cm³/mol. The van der Waals surface area contributed by atoms with Gasteiger partial charge in [-0.05, 0) is 37.8 Å². The second-order valence-corrected chi connectivity index (χ2v) is 5.12. The topological polar surface area (TPSA) is 24.9 Å². The van der Waals surface area contributed by atoms with Crippen LogP contribution in [0.5, 0.6) is 0 Å². The molecule has 1 N–H and O–H groups in total. The Hall–Kier alpha value is -0.890. The summed E-state index contributed by atoms with van der Waals surface area (Å²) in [5.41, 5.74) is 2.27. The molecule has 1 fully saturated rings. The molecule has 0 aliphatic heterocycles. The van der Waals surface area contributed by atoms with Crippen molar-refractivity contribution < 1.29 is 0 Å². The molecule has 0 saturated heterocycles. The van der Waals surface area contributed by atoms with Gasteiger partial charge < -0.3 is 5.32 Å². The van der Waals surface area contributed by atoms with E-state index in [0.717, 1.165) is 18.2 Å². The van der Waals surface area contributed by atoms with Crippen LogP contribution in [0.3, 0.4) is 0 Å². The van der Waals surface area contributed by atoms with E-state index in [1.165, 1.54) is 31.4 Å². The molecule has 88 valence electrons. The monoisotopic (exact) mass is 218 g/mol. The van der Waals surface area contributed by atoms with Crippen LogP contribution in [-0.2, 0) is 6.54 Å². The van der Waals surface area contributed by atoms with Crippen molar-refractivity contribution in [3.05, 3.63) is 29.6 Å². The highest BCUT2D eigenvalue weighted by molar-refractivity contribution is 5.09. The number of hydrogen-bond donors (Lipinski definition) is 1. The van der Waals surface area contributed by atoms with Crippen molar-refractivity contribution in [2.45, 2.75) is 52.1 Å². The zero-order chi connectivity index (χ0) is 11.4. The van der Waals surface area contributed by atoms with Gasteiger partial charge >= 0.3 is 0 Å². The molecule has 1 aromatic heterocycles. The number of pyridine rings is 1. The van der Waals surface area contributed by atoms with Gasteiger partial charge in [0.05, 0.1) is 5.69 Å². The Labute approximate surface area is 98.5 Å². The summed E-state index contributed by atoms with van der Waals surface area (Å²) < 4.78 is 0. The highest BCUT2D eigenvalue weighted by atomic mass is 14.9. The van der Waals surface area contributed by atoms with Crippen molar-refractivity contribution >= 4 is 0 Å². The summed E-state index contributed by atoms with van der Waals surface area (Å²) in [5.74, 6) is 0.886. The molecule has 1 aliphatic rings. The normalized spacial score (nSPS) is 25.6. The number of aryl methyl sites for hydroxylation is 1. The fourth-order valence-corrected chi connectivity index (χ4v) is 2.57. The maximum Gasteiger partial charge on any atom is 0.0544 e. The predicted octanol–water partition coefficient (Wildman–Crippen LogP) is 3.06. The minimum atomic E-state index is 0.700. The molecular formula is C14H22N2. The summed E-state index contributed by atoms with van der Waals surface area (Å²) >= 11 is 0. The summed E-state index contributed by atoms with van der Waals surface area (Å²) in [6.07, 6.45) is 5.43. The highest BCUT2D eigenvalue weighted by Gasteiger charge is 2.17. The van der Waals surface area contributed by atoms with Crippen molar-refractivity contribution in [2.75, 3.05) is 0 Å². The molecule has 1 saturated carbocycles. The van der Waals surface area contributed by atoms with E-state index in [4.69, 9.17) is 0 Å². The van der Waals surface area contributed by atoms with Gasteiger partial charge in [0.25, 0.3) is 0 Å². The Morgan fingerprint density at radius 2 is 2.25 bits per heavy atom. The van der Waals surface area contributed by atoms with Crippen molar-refractivity contribution in [3.63, 3.8) is 0 Å². The number of nitrogens with zero attached hydrogens (tertiary/aromatic N) is 1. The van der Waals surface area contributed by atoms with E-state index in [9.17, 15) is 0 Å². The molecule has 2 rings (SSSR count). The molecule has 1 aromatic rings. The minimum Gasteiger partial charge on any atom is -0.308 e. The number of nitrogens with one attached hydrogen (secondary N) is 1. The lowest BCUT2D eigenvalue weighted by Gasteiger charge is -2.27. The van der Waals surface area contributed by atoms with Crippen LogP contribution in [-0.4, -0.2) is 11.0 Å². The molecule has 0 spiro atoms. The molecule has 0 amide bonds. The Balaban J connectivity index is 1.82. The van der Waals surface area contributed by atoms with Gasteiger partial charge in [-0.25, -0.2) is 0 Å². The van der Waals surface area contributed by atoms with Gasteiger partial charge in [-0.1, -0.05) is 25.8 Å². The van der Waals surface area contributed by atoms with E-state index in [1.807, 2.05) is 13.0 Å². The van der Waals surface area contributed by atoms with E-state index in [0.29, 0.717) is 6.04 Å². The summed E-state index contributed by atoms with van der Waals surface area (Å²) in [6.45, 7) is 5.32. The van der Waals surface area contributed by atoms with Crippen LogP contribution in [0.2, 0.25) is 0 Å². The largest absolute Gasteiger partial charge is 0.308 e. The standard InChI is InChI=1S/C14H22N2/c1-11-5-3-7-13(9-11)15-10-14-8-4-6-12(2)16-14/h4,6,8,11,13,15H,3,5,7,9-10H2,1-2H3. The van der Waals surface area contributed by atoms with Crippen LogP contribution in [0.1, 0.15) is 44.0 Å². The van der Waals surface area contributed by atoms with Crippen molar-refractivity contribution in [1.82, 2.24) is 10.3 Å². The first-order valence-electron chi connectivity index (χ1n) is 6.40. The first-order chi connectivity index (χ1) is 7.74. The van der Waals surface area contributed by atoms with Crippen LogP contribution >= 0.6 is 0 Å². The van der Waals surface area contributed by atoms with Crippen molar-refractivity contribution in [1.29, 1.82) is 0 Å². The van der Waals surface area contributed by atoms with Crippen LogP contribution in [0.15, 0.2) is 18.2 Å². The van der Waals surface area contributed by atoms with E-state index in [2.05, 4.69) is 29.4 Å². The molecule has 2 nitrogen and oxygen atoms in total. The molecule has 16 heavy (non-hydrogen) atoms. The van der Waals surface area contributed by atoms with E-state index >= 15 is 0 Å². The fraction of sp³-hybridized carbons (Fsp3) is 0.643. The first kappa shape index (κ1) is 11.6. The molecule has 0 aromatic carbocycles. The minimum absolute atomic E-state index is 0.700. The lowest BCUT2D eigenvalue weighted by Crippen LogP contribution is -2.33. The second-order valence-electron chi connectivity index (χ2n) is 5.12. The fourth-order valence-electron chi connectivity index (χ4n) is 2.57. The smallest absolute Gasteiger partial charge is 0.0544 e. The van der Waals surface area contributed by atoms with Gasteiger partial charge in [-0.2, -0.15) is 0 Å². The maximum absolute atomic E-state index is 4.51. The highest BCUT2D eigenvalue weighted by Crippen LogP contribution is 2.23. The molecular weight excluding hydrogens is 196 g/mol. The van der Waals surface area contributed by atoms with Crippen molar-refractivity contribution in [2.24, 2.45) is 5.92 Å². The van der Waals surface area contributed by atoms with Gasteiger partial charge in [0.2, 0.25) is 0 Å². The molecule has 1 heterocycles. The zero-order valence-corrected chi connectivity index (χ0v) is 10.4. The zero-order valence-electron chi connectivity index (χ0n) is 10.4. The average Bonchev–Trinajstić information content (AvgIpc) is 2.27. The average molecular weight is 218 g/mol. The Morgan fingerprint density at radius 1 is 1.38 bits per heavy atom. The molecule has 0 radical (unpaired) electrons. The number of hydrogen-bond acceptors (Lipinski definition) is 2. The molecule has 2 unspecified atom stereocenters. The Kier molecular flexibility index (Phi) is 3.94. The third kappa shape index (κ3) is 3.31. The molecule has 1 aliphatic carbocycles. The second kappa shape index (κ2) is 5.44. The van der Waals surface area contributed by atoms with Crippen LogP contribution < -0.4 is 5.32 Å². The third-order valence-electron chi connectivity index (χ3n) is 3.45. The lowest BCUT2D eigenvalue weighted by atomic mass is 9.87. The third-order valence-corrected chi connectivity index (χ3v) is 3.45. The summed E-state index contributed by atoms with van der Waals surface area (Å²) in [7, 11) is 0. The van der Waals surface area contributed by atoms with E-state index < -0.39 is 0 Å². The number of rotatable bonds is 3. The van der Waals surface area contributed by atoms with Gasteiger partial charge in [0.1, 0.15) is 0 Å². The quantitative estimate of drug-likeness (QED) is 0.843. The number of aromatic nitrogens is 1. The van der Waals surface area contributed by atoms with Crippen LogP contribution in [0.25, 0.3) is 0 Å². The van der Waals surface area contributed by atoms with E-state index in [1.54, 1.807) is 0 Å². The summed E-state index contributed by atoms with van der Waals surface area (Å²) in [5, 5.41) is 3.63. The molecule has 0 bridgehead atoms. The SMILES string of the molecule is Cc1cccc(CNC2CCCC(C)C2)n1. The Bertz CT molecular complexity index is 335. The van der Waals surface area contributed by atoms with Crippen LogP contribution in [0.4, 0.5) is 0 Å². The lowest BCUT2D eigenvalue weighted by molar-refractivity contribution is 0.300. The maximum atomic E-state index is 4.51. The van der Waals surface area contributed by atoms with Crippen LogP contribution in [0, 0.1) is 12.8 Å². The van der Waals surface area contributed by atoms with E-state index in [-0.39, 0.29) is 0 Å². The van der Waals surface area contributed by atoms with Gasteiger partial charge in [-0.15, -0.1) is 0 Å². The van der Waals surface area contributed by atoms with Gasteiger partial charge in [0.15, 0.2) is 0 Å². The first-order valence-corrected chi connectivity index (χ1v) is 6.40. The molecule has 2 atom stereocenters. The molecule has 2 heteroatoms. The Morgan fingerprint density at radius 3 is 3.00 bits per heavy atom. The van der Waals surface area contributed by atoms with Crippen molar-refractivity contribution in [3.8, 4) is 0 Å². The van der Waals surface area contributed by atoms with Gasteiger partial charge in [-0.3, -0.25) is 4.98 Å². The summed E-state index contributed by atoms with van der Waals surface area (Å²) in [6, 6.07) is 6.94. The van der Waals surface area contributed by atoms with Gasteiger partial charge in [0, 0.05) is 18.3 Å².